The first-order valence-corrected chi connectivity index (χ1v) is 7.79. The minimum atomic E-state index is -0.0699. The fourth-order valence-corrected chi connectivity index (χ4v) is 2.96. The van der Waals surface area contributed by atoms with Crippen LogP contribution in [0.2, 0.25) is 0 Å². The summed E-state index contributed by atoms with van der Waals surface area (Å²) in [6.07, 6.45) is 0.870. The van der Waals surface area contributed by atoms with Gasteiger partial charge in [-0.15, -0.1) is 0 Å². The second-order valence-electron chi connectivity index (χ2n) is 5.94. The van der Waals surface area contributed by atoms with Crippen molar-refractivity contribution in [1.29, 1.82) is 0 Å². The molecule has 0 saturated heterocycles. The van der Waals surface area contributed by atoms with E-state index in [4.69, 9.17) is 0 Å². The first kappa shape index (κ1) is 15.3. The molecule has 0 aromatic heterocycles. The molecule has 0 aliphatic carbocycles. The summed E-state index contributed by atoms with van der Waals surface area (Å²) >= 11 is 0. The van der Waals surface area contributed by atoms with Crippen LogP contribution in [-0.4, -0.2) is 18.4 Å². The Hall–Kier alpha value is -2.62. The fourth-order valence-electron chi connectivity index (χ4n) is 2.96. The minimum Gasteiger partial charge on any atom is -0.348 e. The zero-order valence-electron chi connectivity index (χ0n) is 13.4. The highest BCUT2D eigenvalue weighted by atomic mass is 16.2. The van der Waals surface area contributed by atoms with Crippen LogP contribution in [0.4, 0.5) is 5.69 Å². The number of anilines is 1. The van der Waals surface area contributed by atoms with E-state index in [0.717, 1.165) is 29.8 Å². The third-order valence-electron chi connectivity index (χ3n) is 4.15. The number of benzene rings is 2. The van der Waals surface area contributed by atoms with E-state index in [2.05, 4.69) is 11.4 Å². The lowest BCUT2D eigenvalue weighted by atomic mass is 10.1. The molecule has 0 radical (unpaired) electrons. The van der Waals surface area contributed by atoms with Gasteiger partial charge in [0.15, 0.2) is 0 Å². The second kappa shape index (κ2) is 6.24. The molecule has 2 aromatic rings. The van der Waals surface area contributed by atoms with Gasteiger partial charge in [-0.3, -0.25) is 9.59 Å². The van der Waals surface area contributed by atoms with E-state index in [9.17, 15) is 9.59 Å². The molecule has 2 amide bonds. The third-order valence-corrected chi connectivity index (χ3v) is 4.15. The van der Waals surface area contributed by atoms with Crippen molar-refractivity contribution in [2.45, 2.75) is 26.8 Å². The molecule has 0 atom stereocenters. The smallest absolute Gasteiger partial charge is 0.251 e. The Morgan fingerprint density at radius 1 is 1.17 bits per heavy atom. The normalized spacial score (nSPS) is 12.9. The van der Waals surface area contributed by atoms with Gasteiger partial charge in [0.1, 0.15) is 0 Å². The van der Waals surface area contributed by atoms with Crippen molar-refractivity contribution in [3.8, 4) is 0 Å². The van der Waals surface area contributed by atoms with Crippen LogP contribution >= 0.6 is 0 Å². The van der Waals surface area contributed by atoms with Crippen LogP contribution in [0.3, 0.4) is 0 Å². The van der Waals surface area contributed by atoms with Crippen molar-refractivity contribution >= 4 is 17.5 Å². The SMILES string of the molecule is CC(=O)N1CCc2cc(CNC(=O)c3cccc(C)c3)ccc21. The van der Waals surface area contributed by atoms with E-state index in [0.29, 0.717) is 12.1 Å². The molecule has 0 saturated carbocycles. The number of amides is 2. The minimum absolute atomic E-state index is 0.0699. The zero-order chi connectivity index (χ0) is 16.4. The van der Waals surface area contributed by atoms with Gasteiger partial charge in [-0.2, -0.15) is 0 Å². The molecule has 1 N–H and O–H groups in total. The molecule has 0 spiro atoms. The maximum absolute atomic E-state index is 12.2. The first-order valence-electron chi connectivity index (χ1n) is 7.79. The van der Waals surface area contributed by atoms with E-state index in [1.807, 2.05) is 43.3 Å². The summed E-state index contributed by atoms with van der Waals surface area (Å²) in [7, 11) is 0. The average Bonchev–Trinajstić information content (AvgIpc) is 2.96. The third kappa shape index (κ3) is 3.26. The highest BCUT2D eigenvalue weighted by Crippen LogP contribution is 2.28. The summed E-state index contributed by atoms with van der Waals surface area (Å²) in [6, 6.07) is 13.6. The average molecular weight is 308 g/mol. The van der Waals surface area contributed by atoms with Crippen molar-refractivity contribution in [2.75, 3.05) is 11.4 Å². The number of nitrogens with one attached hydrogen (secondary N) is 1. The summed E-state index contributed by atoms with van der Waals surface area (Å²) in [5.74, 6) is 0.00353. The van der Waals surface area contributed by atoms with Gasteiger partial charge in [-0.1, -0.05) is 29.8 Å². The van der Waals surface area contributed by atoms with Crippen LogP contribution in [0.5, 0.6) is 0 Å². The van der Waals surface area contributed by atoms with E-state index < -0.39 is 0 Å². The van der Waals surface area contributed by atoms with Crippen molar-refractivity contribution in [3.63, 3.8) is 0 Å². The second-order valence-corrected chi connectivity index (χ2v) is 5.94. The van der Waals surface area contributed by atoms with Crippen molar-refractivity contribution in [3.05, 3.63) is 64.7 Å². The van der Waals surface area contributed by atoms with Gasteiger partial charge in [0.2, 0.25) is 5.91 Å². The van der Waals surface area contributed by atoms with E-state index >= 15 is 0 Å². The number of aryl methyl sites for hydroxylation is 1. The summed E-state index contributed by atoms with van der Waals surface area (Å²) in [4.78, 5) is 25.5. The molecule has 4 heteroatoms. The molecule has 3 rings (SSSR count). The Bertz CT molecular complexity index is 768. The maximum Gasteiger partial charge on any atom is 0.251 e. The van der Waals surface area contributed by atoms with Crippen molar-refractivity contribution in [1.82, 2.24) is 5.32 Å². The lowest BCUT2D eigenvalue weighted by Crippen LogP contribution is -2.25. The Morgan fingerprint density at radius 3 is 2.74 bits per heavy atom. The van der Waals surface area contributed by atoms with Crippen LogP contribution in [0, 0.1) is 6.92 Å². The molecule has 1 heterocycles. The Kier molecular flexibility index (Phi) is 4.15. The predicted molar refractivity (Wildman–Crippen MR) is 90.5 cm³/mol. The molecule has 0 fully saturated rings. The van der Waals surface area contributed by atoms with Crippen LogP contribution in [0.15, 0.2) is 42.5 Å². The van der Waals surface area contributed by atoms with Gasteiger partial charge >= 0.3 is 0 Å². The zero-order valence-corrected chi connectivity index (χ0v) is 13.4. The molecule has 2 aromatic carbocycles. The Balaban J connectivity index is 1.68. The molecule has 118 valence electrons. The van der Waals surface area contributed by atoms with E-state index in [1.165, 1.54) is 5.56 Å². The van der Waals surface area contributed by atoms with Crippen LogP contribution in [0.1, 0.15) is 34.0 Å². The van der Waals surface area contributed by atoms with Crippen molar-refractivity contribution in [2.24, 2.45) is 0 Å². The highest BCUT2D eigenvalue weighted by molar-refractivity contribution is 5.95. The molecule has 4 nitrogen and oxygen atoms in total. The largest absolute Gasteiger partial charge is 0.348 e. The van der Waals surface area contributed by atoms with Crippen LogP contribution in [-0.2, 0) is 17.8 Å². The number of hydrogen-bond donors (Lipinski definition) is 1. The quantitative estimate of drug-likeness (QED) is 0.948. The Labute approximate surface area is 136 Å². The predicted octanol–water partition coefficient (Wildman–Crippen LogP) is 2.83. The molecule has 0 unspecified atom stereocenters. The lowest BCUT2D eigenvalue weighted by molar-refractivity contribution is -0.116. The summed E-state index contributed by atoms with van der Waals surface area (Å²) in [5.41, 5.74) is 4.96. The summed E-state index contributed by atoms with van der Waals surface area (Å²) < 4.78 is 0. The fraction of sp³-hybridized carbons (Fsp3) is 0.263. The molecular formula is C19H20N2O2. The van der Waals surface area contributed by atoms with Gasteiger partial charge in [-0.25, -0.2) is 0 Å². The first-order chi connectivity index (χ1) is 11.0. The monoisotopic (exact) mass is 308 g/mol. The number of nitrogens with zero attached hydrogens (tertiary/aromatic N) is 1. The lowest BCUT2D eigenvalue weighted by Gasteiger charge is -2.15. The van der Waals surface area contributed by atoms with Gasteiger partial charge in [0.25, 0.3) is 5.91 Å². The number of fused-ring (bicyclic) bond motifs is 1. The molecule has 1 aliphatic rings. The van der Waals surface area contributed by atoms with E-state index in [-0.39, 0.29) is 11.8 Å². The van der Waals surface area contributed by atoms with Crippen LogP contribution < -0.4 is 10.2 Å². The van der Waals surface area contributed by atoms with Gasteiger partial charge < -0.3 is 10.2 Å². The van der Waals surface area contributed by atoms with Gasteiger partial charge in [0.05, 0.1) is 0 Å². The number of carbonyl (C=O) groups excluding carboxylic acids is 2. The number of carbonyl (C=O) groups is 2. The maximum atomic E-state index is 12.2. The topological polar surface area (TPSA) is 49.4 Å². The Morgan fingerprint density at radius 2 is 2.00 bits per heavy atom. The summed E-state index contributed by atoms with van der Waals surface area (Å²) in [6.45, 7) is 4.78. The highest BCUT2D eigenvalue weighted by Gasteiger charge is 2.22. The van der Waals surface area contributed by atoms with E-state index in [1.54, 1.807) is 11.8 Å². The molecule has 1 aliphatic heterocycles. The van der Waals surface area contributed by atoms with Gasteiger partial charge in [-0.05, 0) is 42.7 Å². The van der Waals surface area contributed by atoms with Crippen LogP contribution in [0.25, 0.3) is 0 Å². The number of hydrogen-bond acceptors (Lipinski definition) is 2. The summed E-state index contributed by atoms with van der Waals surface area (Å²) in [5, 5.41) is 2.95. The van der Waals surface area contributed by atoms with Crippen molar-refractivity contribution < 1.29 is 9.59 Å². The molecule has 23 heavy (non-hydrogen) atoms. The molecule has 0 bridgehead atoms. The standard InChI is InChI=1S/C19H20N2O2/c1-13-4-3-5-17(10-13)19(23)20-12-15-6-7-18-16(11-15)8-9-21(18)14(2)22/h3-7,10-11H,8-9,12H2,1-2H3,(H,20,23). The number of rotatable bonds is 3. The van der Waals surface area contributed by atoms with Gasteiger partial charge in [0, 0.05) is 31.3 Å². The molecular weight excluding hydrogens is 288 g/mol.